The van der Waals surface area contributed by atoms with Crippen LogP contribution in [-0.2, 0) is 6.54 Å². The summed E-state index contributed by atoms with van der Waals surface area (Å²) < 4.78 is 25.8. The highest BCUT2D eigenvalue weighted by atomic mass is 19.2. The van der Waals surface area contributed by atoms with E-state index < -0.39 is 11.6 Å². The van der Waals surface area contributed by atoms with E-state index in [9.17, 15) is 8.78 Å². The first-order valence-electron chi connectivity index (χ1n) is 6.33. The number of benzene rings is 1. The second-order valence-electron chi connectivity index (χ2n) is 4.94. The van der Waals surface area contributed by atoms with Crippen LogP contribution in [0.1, 0.15) is 19.4 Å². The lowest BCUT2D eigenvalue weighted by atomic mass is 9.96. The molecule has 18 heavy (non-hydrogen) atoms. The van der Waals surface area contributed by atoms with Gasteiger partial charge in [-0.05, 0) is 49.7 Å². The summed E-state index contributed by atoms with van der Waals surface area (Å²) in [5.74, 6) is -0.478. The molecule has 0 aromatic heterocycles. The standard InChI is InChI=1S/C14H22F2N2/c1-10(2)12(8-17-3)9-18-7-11-4-5-13(15)14(16)6-11/h4-6,10,12,17-18H,7-9H2,1-3H3. The van der Waals surface area contributed by atoms with E-state index in [0.29, 0.717) is 18.4 Å². The molecule has 4 heteroatoms. The first-order valence-corrected chi connectivity index (χ1v) is 6.33. The van der Waals surface area contributed by atoms with Gasteiger partial charge in [-0.1, -0.05) is 19.9 Å². The number of hydrogen-bond donors (Lipinski definition) is 2. The Morgan fingerprint density at radius 3 is 2.39 bits per heavy atom. The predicted octanol–water partition coefficient (Wildman–Crippen LogP) is 2.55. The summed E-state index contributed by atoms with van der Waals surface area (Å²) in [7, 11) is 1.94. The normalized spacial score (nSPS) is 13.0. The third-order valence-corrected chi connectivity index (χ3v) is 3.13. The van der Waals surface area contributed by atoms with Crippen LogP contribution in [0.3, 0.4) is 0 Å². The Kier molecular flexibility index (Phi) is 6.22. The topological polar surface area (TPSA) is 24.1 Å². The van der Waals surface area contributed by atoms with Gasteiger partial charge in [0.1, 0.15) is 0 Å². The fourth-order valence-electron chi connectivity index (χ4n) is 1.86. The Hall–Kier alpha value is -1.00. The Bertz CT molecular complexity index is 367. The molecule has 0 amide bonds. The molecular weight excluding hydrogens is 234 g/mol. The maximum Gasteiger partial charge on any atom is 0.159 e. The average molecular weight is 256 g/mol. The van der Waals surface area contributed by atoms with E-state index >= 15 is 0 Å². The summed E-state index contributed by atoms with van der Waals surface area (Å²) in [5.41, 5.74) is 0.765. The van der Waals surface area contributed by atoms with Gasteiger partial charge < -0.3 is 10.6 Å². The van der Waals surface area contributed by atoms with Crippen molar-refractivity contribution >= 4 is 0 Å². The van der Waals surface area contributed by atoms with Crippen LogP contribution in [0.25, 0.3) is 0 Å². The minimum atomic E-state index is -0.797. The molecule has 2 nitrogen and oxygen atoms in total. The molecule has 0 aliphatic heterocycles. The van der Waals surface area contributed by atoms with Crippen LogP contribution in [0, 0.1) is 23.5 Å². The Balaban J connectivity index is 2.42. The van der Waals surface area contributed by atoms with E-state index in [-0.39, 0.29) is 0 Å². The lowest BCUT2D eigenvalue weighted by molar-refractivity contribution is 0.352. The van der Waals surface area contributed by atoms with Crippen molar-refractivity contribution in [3.05, 3.63) is 35.4 Å². The van der Waals surface area contributed by atoms with Gasteiger partial charge in [0.25, 0.3) is 0 Å². The maximum absolute atomic E-state index is 13.0. The largest absolute Gasteiger partial charge is 0.319 e. The van der Waals surface area contributed by atoms with Crippen molar-refractivity contribution in [2.24, 2.45) is 11.8 Å². The van der Waals surface area contributed by atoms with E-state index in [0.717, 1.165) is 18.7 Å². The molecular formula is C14H22F2N2. The molecule has 0 radical (unpaired) electrons. The quantitative estimate of drug-likeness (QED) is 0.783. The fourth-order valence-corrected chi connectivity index (χ4v) is 1.86. The zero-order valence-electron chi connectivity index (χ0n) is 11.3. The van der Waals surface area contributed by atoms with Gasteiger partial charge >= 0.3 is 0 Å². The highest BCUT2D eigenvalue weighted by molar-refractivity contribution is 5.17. The van der Waals surface area contributed by atoms with Gasteiger partial charge in [-0.2, -0.15) is 0 Å². The molecule has 0 saturated heterocycles. The highest BCUT2D eigenvalue weighted by Gasteiger charge is 2.11. The average Bonchev–Trinajstić information content (AvgIpc) is 2.32. The highest BCUT2D eigenvalue weighted by Crippen LogP contribution is 2.10. The van der Waals surface area contributed by atoms with E-state index in [1.165, 1.54) is 12.1 Å². The summed E-state index contributed by atoms with van der Waals surface area (Å²) in [6, 6.07) is 4.01. The van der Waals surface area contributed by atoms with Gasteiger partial charge in [0, 0.05) is 6.54 Å². The van der Waals surface area contributed by atoms with Crippen molar-refractivity contribution in [2.75, 3.05) is 20.1 Å². The third-order valence-electron chi connectivity index (χ3n) is 3.13. The molecule has 1 rings (SSSR count). The smallest absolute Gasteiger partial charge is 0.159 e. The lowest BCUT2D eigenvalue weighted by Gasteiger charge is -2.21. The Labute approximate surface area is 108 Å². The molecule has 0 spiro atoms. The molecule has 0 saturated carbocycles. The zero-order valence-corrected chi connectivity index (χ0v) is 11.3. The number of halogens is 2. The van der Waals surface area contributed by atoms with Crippen molar-refractivity contribution in [1.29, 1.82) is 0 Å². The van der Waals surface area contributed by atoms with Gasteiger partial charge in [0.05, 0.1) is 0 Å². The summed E-state index contributed by atoms with van der Waals surface area (Å²) in [4.78, 5) is 0. The monoisotopic (exact) mass is 256 g/mol. The SMILES string of the molecule is CNCC(CNCc1ccc(F)c(F)c1)C(C)C. The Morgan fingerprint density at radius 2 is 1.83 bits per heavy atom. The van der Waals surface area contributed by atoms with Crippen molar-refractivity contribution in [2.45, 2.75) is 20.4 Å². The van der Waals surface area contributed by atoms with Crippen molar-refractivity contribution in [3.8, 4) is 0 Å². The zero-order chi connectivity index (χ0) is 13.5. The molecule has 0 aliphatic carbocycles. The molecule has 2 N–H and O–H groups in total. The fraction of sp³-hybridized carbons (Fsp3) is 0.571. The van der Waals surface area contributed by atoms with Crippen molar-refractivity contribution in [3.63, 3.8) is 0 Å². The van der Waals surface area contributed by atoms with Crippen LogP contribution in [-0.4, -0.2) is 20.1 Å². The van der Waals surface area contributed by atoms with Crippen molar-refractivity contribution in [1.82, 2.24) is 10.6 Å². The number of nitrogens with one attached hydrogen (secondary N) is 2. The second-order valence-corrected chi connectivity index (χ2v) is 4.94. The third kappa shape index (κ3) is 4.70. The maximum atomic E-state index is 13.0. The molecule has 1 aromatic rings. The van der Waals surface area contributed by atoms with E-state index in [2.05, 4.69) is 24.5 Å². The molecule has 0 heterocycles. The van der Waals surface area contributed by atoms with Crippen molar-refractivity contribution < 1.29 is 8.78 Å². The first-order chi connectivity index (χ1) is 8.54. The first kappa shape index (κ1) is 15.1. The van der Waals surface area contributed by atoms with Gasteiger partial charge in [-0.15, -0.1) is 0 Å². The molecule has 0 fully saturated rings. The lowest BCUT2D eigenvalue weighted by Crippen LogP contribution is -2.32. The molecule has 1 aromatic carbocycles. The number of hydrogen-bond acceptors (Lipinski definition) is 2. The molecule has 0 aliphatic rings. The minimum absolute atomic E-state index is 0.528. The summed E-state index contributed by atoms with van der Waals surface area (Å²) in [6.07, 6.45) is 0. The van der Waals surface area contributed by atoms with Crippen LogP contribution in [0.2, 0.25) is 0 Å². The van der Waals surface area contributed by atoms with Gasteiger partial charge in [-0.3, -0.25) is 0 Å². The van der Waals surface area contributed by atoms with Gasteiger partial charge in [-0.25, -0.2) is 8.78 Å². The predicted molar refractivity (Wildman–Crippen MR) is 70.3 cm³/mol. The van der Waals surface area contributed by atoms with E-state index in [1.807, 2.05) is 7.05 Å². The van der Waals surface area contributed by atoms with Crippen LogP contribution >= 0.6 is 0 Å². The number of rotatable bonds is 7. The van der Waals surface area contributed by atoms with Crippen LogP contribution < -0.4 is 10.6 Å². The minimum Gasteiger partial charge on any atom is -0.319 e. The van der Waals surface area contributed by atoms with Gasteiger partial charge in [0.15, 0.2) is 11.6 Å². The molecule has 1 atom stereocenters. The molecule has 0 bridgehead atoms. The molecule has 1 unspecified atom stereocenters. The summed E-state index contributed by atoms with van der Waals surface area (Å²) in [5, 5.41) is 6.45. The van der Waals surface area contributed by atoms with E-state index in [4.69, 9.17) is 0 Å². The van der Waals surface area contributed by atoms with Gasteiger partial charge in [0.2, 0.25) is 0 Å². The van der Waals surface area contributed by atoms with E-state index in [1.54, 1.807) is 6.07 Å². The van der Waals surface area contributed by atoms with Crippen LogP contribution in [0.4, 0.5) is 8.78 Å². The van der Waals surface area contributed by atoms with Crippen LogP contribution in [0.15, 0.2) is 18.2 Å². The second kappa shape index (κ2) is 7.44. The summed E-state index contributed by atoms with van der Waals surface area (Å²) in [6.45, 7) is 6.73. The van der Waals surface area contributed by atoms with Crippen LogP contribution in [0.5, 0.6) is 0 Å². The molecule has 102 valence electrons. The summed E-state index contributed by atoms with van der Waals surface area (Å²) >= 11 is 0. The Morgan fingerprint density at radius 1 is 1.11 bits per heavy atom.